The molecule has 1 aromatic rings. The quantitative estimate of drug-likeness (QED) is 0.687. The minimum Gasteiger partial charge on any atom is -0.495 e. The van der Waals surface area contributed by atoms with E-state index in [0.29, 0.717) is 5.41 Å². The summed E-state index contributed by atoms with van der Waals surface area (Å²) in [5, 5.41) is 4.43. The van der Waals surface area contributed by atoms with Crippen molar-refractivity contribution in [1.29, 1.82) is 0 Å². The maximum Gasteiger partial charge on any atom is 0.161 e. The summed E-state index contributed by atoms with van der Waals surface area (Å²) in [6.07, 6.45) is 5.42. The van der Waals surface area contributed by atoms with Crippen molar-refractivity contribution in [3.63, 3.8) is 0 Å². The maximum atomic E-state index is 5.35. The molecule has 1 N–H and O–H groups in total. The number of amidine groups is 1. The van der Waals surface area contributed by atoms with E-state index in [1.54, 1.807) is 7.11 Å². The topological polar surface area (TPSA) is 33.6 Å². The van der Waals surface area contributed by atoms with Crippen LogP contribution in [0, 0.1) is 5.41 Å². The van der Waals surface area contributed by atoms with Gasteiger partial charge in [-0.25, -0.2) is 0 Å². The summed E-state index contributed by atoms with van der Waals surface area (Å²) in [5.41, 5.74) is 1.47. The van der Waals surface area contributed by atoms with E-state index in [2.05, 4.69) is 37.2 Å². The summed E-state index contributed by atoms with van der Waals surface area (Å²) in [5.74, 6) is 2.00. The van der Waals surface area contributed by atoms with Gasteiger partial charge in [-0.15, -0.1) is 0 Å². The predicted molar refractivity (Wildman–Crippen MR) is 97.7 cm³/mol. The lowest BCUT2D eigenvalue weighted by Gasteiger charge is -2.31. The Hall–Kier alpha value is -0.200. The van der Waals surface area contributed by atoms with E-state index in [-0.39, 0.29) is 0 Å². The van der Waals surface area contributed by atoms with Crippen molar-refractivity contribution in [2.75, 3.05) is 24.7 Å². The summed E-state index contributed by atoms with van der Waals surface area (Å²) in [4.78, 5) is 4.77. The smallest absolute Gasteiger partial charge is 0.161 e. The Balaban J connectivity index is 1.74. The molecule has 1 aliphatic heterocycles. The molecule has 0 saturated heterocycles. The number of anilines is 1. The van der Waals surface area contributed by atoms with Gasteiger partial charge >= 0.3 is 0 Å². The molecule has 1 spiro atoms. The molecule has 6 heteroatoms. The van der Waals surface area contributed by atoms with E-state index in [4.69, 9.17) is 9.73 Å². The van der Waals surface area contributed by atoms with Crippen molar-refractivity contribution in [3.8, 4) is 5.75 Å². The summed E-state index contributed by atoms with van der Waals surface area (Å²) < 4.78 is 7.29. The normalized spacial score (nSPS) is 20.4. The second-order valence-corrected chi connectivity index (χ2v) is 8.38. The molecule has 1 heterocycles. The zero-order valence-electron chi connectivity index (χ0n) is 11.9. The Morgan fingerprint density at radius 3 is 2.62 bits per heavy atom. The highest BCUT2D eigenvalue weighted by Gasteiger charge is 2.36. The molecule has 3 rings (SSSR count). The molecule has 0 unspecified atom stereocenters. The van der Waals surface area contributed by atoms with E-state index < -0.39 is 0 Å². The first-order valence-corrected chi connectivity index (χ1v) is 9.66. The Morgan fingerprint density at radius 2 is 2.00 bits per heavy atom. The summed E-state index contributed by atoms with van der Waals surface area (Å²) in [7, 11) is 1.68. The predicted octanol–water partition coefficient (Wildman–Crippen LogP) is 5.30. The van der Waals surface area contributed by atoms with Crippen LogP contribution < -0.4 is 10.1 Å². The number of methoxy groups -OCH3 is 1. The van der Waals surface area contributed by atoms with Gasteiger partial charge in [0.2, 0.25) is 0 Å². The van der Waals surface area contributed by atoms with Crippen LogP contribution in [0.3, 0.4) is 0 Å². The lowest BCUT2D eigenvalue weighted by atomic mass is 9.89. The van der Waals surface area contributed by atoms with Gasteiger partial charge in [-0.2, -0.15) is 0 Å². The van der Waals surface area contributed by atoms with Gasteiger partial charge in [-0.3, -0.25) is 4.99 Å². The molecule has 1 aromatic carbocycles. The minimum absolute atomic E-state index is 0.477. The van der Waals surface area contributed by atoms with E-state index >= 15 is 0 Å². The lowest BCUT2D eigenvalue weighted by Crippen LogP contribution is -2.30. The number of thioether (sulfide) groups is 1. The molecule has 114 valence electrons. The Bertz CT molecular complexity index is 571. The largest absolute Gasteiger partial charge is 0.495 e. The molecule has 21 heavy (non-hydrogen) atoms. The molecule has 2 aliphatic rings. The molecular weight excluding hydrogens is 416 g/mol. The Labute approximate surface area is 146 Å². The zero-order valence-corrected chi connectivity index (χ0v) is 15.9. The Morgan fingerprint density at radius 1 is 1.24 bits per heavy atom. The van der Waals surface area contributed by atoms with Gasteiger partial charge in [0.05, 0.1) is 17.3 Å². The molecule has 1 saturated carbocycles. The van der Waals surface area contributed by atoms with Crippen LogP contribution in [0.1, 0.15) is 25.7 Å². The van der Waals surface area contributed by atoms with Gasteiger partial charge in [-0.05, 0) is 56.2 Å². The van der Waals surface area contributed by atoms with Crippen LogP contribution in [0.25, 0.3) is 0 Å². The number of nitrogens with one attached hydrogen (secondary N) is 1. The molecule has 0 amide bonds. The SMILES string of the molecule is COc1cc(NC2=NCC3(CCCC3)CS2)c(Br)cc1Br. The number of ether oxygens (including phenoxy) is 1. The monoisotopic (exact) mass is 432 g/mol. The molecular formula is C15H18Br2N2OS. The fraction of sp³-hybridized carbons (Fsp3) is 0.533. The minimum atomic E-state index is 0.477. The van der Waals surface area contributed by atoms with Crippen molar-refractivity contribution in [3.05, 3.63) is 21.1 Å². The van der Waals surface area contributed by atoms with Crippen LogP contribution in [-0.4, -0.2) is 24.6 Å². The average Bonchev–Trinajstić information content (AvgIpc) is 2.93. The summed E-state index contributed by atoms with van der Waals surface area (Å²) >= 11 is 8.92. The van der Waals surface area contributed by atoms with Crippen LogP contribution in [0.5, 0.6) is 5.75 Å². The third kappa shape index (κ3) is 3.42. The summed E-state index contributed by atoms with van der Waals surface area (Å²) in [6, 6.07) is 3.98. The molecule has 1 fully saturated rings. The highest BCUT2D eigenvalue weighted by atomic mass is 79.9. The molecule has 1 aliphatic carbocycles. The van der Waals surface area contributed by atoms with Crippen molar-refractivity contribution in [2.24, 2.45) is 10.4 Å². The average molecular weight is 434 g/mol. The number of benzene rings is 1. The molecule has 0 radical (unpaired) electrons. The van der Waals surface area contributed by atoms with Gasteiger partial charge < -0.3 is 10.1 Å². The maximum absolute atomic E-state index is 5.35. The molecule has 3 nitrogen and oxygen atoms in total. The van der Waals surface area contributed by atoms with Crippen molar-refractivity contribution >= 4 is 54.5 Å². The molecule has 0 bridgehead atoms. The fourth-order valence-electron chi connectivity index (χ4n) is 2.95. The molecule has 0 atom stereocenters. The van der Waals surface area contributed by atoms with Crippen molar-refractivity contribution < 1.29 is 4.74 Å². The van der Waals surface area contributed by atoms with E-state index in [0.717, 1.165) is 32.1 Å². The fourth-order valence-corrected chi connectivity index (χ4v) is 5.37. The molecule has 0 aromatic heterocycles. The van der Waals surface area contributed by atoms with Crippen LogP contribution in [0.15, 0.2) is 26.1 Å². The second kappa shape index (κ2) is 6.50. The lowest BCUT2D eigenvalue weighted by molar-refractivity contribution is 0.359. The number of nitrogens with zero attached hydrogens (tertiary/aromatic N) is 1. The van der Waals surface area contributed by atoms with E-state index in [1.165, 1.54) is 31.4 Å². The second-order valence-electron chi connectivity index (χ2n) is 5.71. The summed E-state index contributed by atoms with van der Waals surface area (Å²) in [6.45, 7) is 0.966. The van der Waals surface area contributed by atoms with Gasteiger partial charge in [-0.1, -0.05) is 24.6 Å². The highest BCUT2D eigenvalue weighted by Crippen LogP contribution is 2.44. The standard InChI is InChI=1S/C15H18Br2N2OS/c1-20-13-7-12(10(16)6-11(13)17)19-14-18-8-15(9-21-14)4-2-3-5-15/h6-7H,2-5,8-9H2,1H3,(H,18,19). The van der Waals surface area contributed by atoms with Crippen LogP contribution >= 0.6 is 43.6 Å². The van der Waals surface area contributed by atoms with Crippen LogP contribution in [-0.2, 0) is 0 Å². The highest BCUT2D eigenvalue weighted by molar-refractivity contribution is 9.11. The number of halogens is 2. The first kappa shape index (κ1) is 15.7. The van der Waals surface area contributed by atoms with E-state index in [9.17, 15) is 0 Å². The van der Waals surface area contributed by atoms with Crippen LogP contribution in [0.2, 0.25) is 0 Å². The number of rotatable bonds is 2. The van der Waals surface area contributed by atoms with E-state index in [1.807, 2.05) is 23.9 Å². The van der Waals surface area contributed by atoms with Gasteiger partial charge in [0.1, 0.15) is 5.75 Å². The van der Waals surface area contributed by atoms with Gasteiger partial charge in [0.25, 0.3) is 0 Å². The zero-order chi connectivity index (χ0) is 14.9. The van der Waals surface area contributed by atoms with Crippen molar-refractivity contribution in [1.82, 2.24) is 0 Å². The van der Waals surface area contributed by atoms with Gasteiger partial charge in [0, 0.05) is 22.8 Å². The number of hydrogen-bond acceptors (Lipinski definition) is 4. The third-order valence-electron chi connectivity index (χ3n) is 4.22. The Kier molecular flexibility index (Phi) is 4.86. The third-order valence-corrected chi connectivity index (χ3v) is 6.76. The van der Waals surface area contributed by atoms with Crippen molar-refractivity contribution in [2.45, 2.75) is 25.7 Å². The number of hydrogen-bond donors (Lipinski definition) is 1. The van der Waals surface area contributed by atoms with Crippen LogP contribution in [0.4, 0.5) is 5.69 Å². The van der Waals surface area contributed by atoms with Gasteiger partial charge in [0.15, 0.2) is 5.17 Å². The number of aliphatic imine (C=N–C) groups is 1. The first-order chi connectivity index (χ1) is 10.1. The first-order valence-electron chi connectivity index (χ1n) is 7.09.